The number of benzene rings is 2. The van der Waals surface area contributed by atoms with Gasteiger partial charge in [-0.3, -0.25) is 4.79 Å². The first-order chi connectivity index (χ1) is 11.2. The molecule has 0 saturated heterocycles. The Balaban J connectivity index is 1.79. The molecule has 5 heteroatoms. The Kier molecular flexibility index (Phi) is 4.28. The van der Waals surface area contributed by atoms with Crippen LogP contribution in [0.2, 0.25) is 0 Å². The van der Waals surface area contributed by atoms with Gasteiger partial charge in [0.15, 0.2) is 0 Å². The third kappa shape index (κ3) is 3.34. The molecular formula is C18H18N2O3. The second kappa shape index (κ2) is 6.52. The van der Waals surface area contributed by atoms with Crippen molar-refractivity contribution in [3.05, 3.63) is 59.2 Å². The minimum atomic E-state index is -0.293. The summed E-state index contributed by atoms with van der Waals surface area (Å²) in [5, 5.41) is 13.5. The van der Waals surface area contributed by atoms with Crippen LogP contribution >= 0.6 is 0 Å². The molecule has 0 unspecified atom stereocenters. The van der Waals surface area contributed by atoms with Gasteiger partial charge < -0.3 is 9.84 Å². The lowest BCUT2D eigenvalue weighted by Gasteiger charge is -2.18. The molecule has 0 heterocycles. The van der Waals surface area contributed by atoms with Crippen molar-refractivity contribution in [2.24, 2.45) is 5.10 Å². The van der Waals surface area contributed by atoms with E-state index in [0.717, 1.165) is 36.3 Å². The van der Waals surface area contributed by atoms with Gasteiger partial charge in [-0.25, -0.2) is 5.43 Å². The Morgan fingerprint density at radius 1 is 1.17 bits per heavy atom. The zero-order valence-corrected chi connectivity index (χ0v) is 12.9. The number of carbonyl (C=O) groups is 1. The molecule has 0 aromatic heterocycles. The average Bonchev–Trinajstić information content (AvgIpc) is 2.59. The number of nitrogens with one attached hydrogen (secondary N) is 1. The number of hydrogen-bond acceptors (Lipinski definition) is 4. The number of aryl methyl sites for hydroxylation is 1. The van der Waals surface area contributed by atoms with E-state index >= 15 is 0 Å². The topological polar surface area (TPSA) is 70.9 Å². The third-order valence-electron chi connectivity index (χ3n) is 3.90. The molecule has 5 nitrogen and oxygen atoms in total. The number of aromatic hydroxyl groups is 1. The Morgan fingerprint density at radius 2 is 1.96 bits per heavy atom. The van der Waals surface area contributed by atoms with Gasteiger partial charge in [0, 0.05) is 11.1 Å². The minimum absolute atomic E-state index is 0.128. The fourth-order valence-corrected chi connectivity index (χ4v) is 2.68. The molecule has 0 aliphatic heterocycles. The summed E-state index contributed by atoms with van der Waals surface area (Å²) >= 11 is 0. The van der Waals surface area contributed by atoms with Crippen molar-refractivity contribution in [1.82, 2.24) is 5.43 Å². The SMILES string of the molecule is COc1ccc2c(c1)CCC/C2=N/NC(=O)c1ccc(O)cc1. The summed E-state index contributed by atoms with van der Waals surface area (Å²) in [7, 11) is 1.65. The molecule has 1 aliphatic rings. The molecular weight excluding hydrogens is 292 g/mol. The van der Waals surface area contributed by atoms with E-state index in [1.807, 2.05) is 18.2 Å². The van der Waals surface area contributed by atoms with E-state index in [4.69, 9.17) is 4.74 Å². The molecule has 23 heavy (non-hydrogen) atoms. The molecule has 2 aromatic rings. The zero-order valence-electron chi connectivity index (χ0n) is 12.9. The second-order valence-corrected chi connectivity index (χ2v) is 5.42. The highest BCUT2D eigenvalue weighted by Gasteiger charge is 2.16. The number of fused-ring (bicyclic) bond motifs is 1. The number of phenols is 1. The van der Waals surface area contributed by atoms with Crippen LogP contribution in [0.4, 0.5) is 0 Å². The van der Waals surface area contributed by atoms with E-state index in [1.165, 1.54) is 17.7 Å². The number of rotatable bonds is 3. The molecule has 0 fully saturated rings. The Hall–Kier alpha value is -2.82. The molecule has 2 aromatic carbocycles. The van der Waals surface area contributed by atoms with Gasteiger partial charge in [0.05, 0.1) is 12.8 Å². The van der Waals surface area contributed by atoms with Crippen LogP contribution in [0, 0.1) is 0 Å². The summed E-state index contributed by atoms with van der Waals surface area (Å²) in [4.78, 5) is 12.1. The summed E-state index contributed by atoms with van der Waals surface area (Å²) < 4.78 is 5.25. The van der Waals surface area contributed by atoms with Crippen LogP contribution in [-0.2, 0) is 6.42 Å². The largest absolute Gasteiger partial charge is 0.508 e. The second-order valence-electron chi connectivity index (χ2n) is 5.42. The number of carbonyl (C=O) groups excluding carboxylic acids is 1. The molecule has 0 radical (unpaired) electrons. The summed E-state index contributed by atoms with van der Waals surface area (Å²) in [5.41, 5.74) is 6.17. The molecule has 0 saturated carbocycles. The maximum Gasteiger partial charge on any atom is 0.271 e. The van der Waals surface area contributed by atoms with Crippen LogP contribution in [0.25, 0.3) is 0 Å². The lowest BCUT2D eigenvalue weighted by atomic mass is 9.90. The van der Waals surface area contributed by atoms with E-state index in [0.29, 0.717) is 5.56 Å². The van der Waals surface area contributed by atoms with Crippen molar-refractivity contribution in [3.8, 4) is 11.5 Å². The number of phenolic OH excluding ortho intramolecular Hbond substituents is 1. The lowest BCUT2D eigenvalue weighted by molar-refractivity contribution is 0.0954. The van der Waals surface area contributed by atoms with Gasteiger partial charge in [-0.05, 0) is 67.3 Å². The fraction of sp³-hybridized carbons (Fsp3) is 0.222. The van der Waals surface area contributed by atoms with Crippen LogP contribution in [0.5, 0.6) is 11.5 Å². The van der Waals surface area contributed by atoms with Crippen molar-refractivity contribution in [3.63, 3.8) is 0 Å². The molecule has 118 valence electrons. The number of methoxy groups -OCH3 is 1. The van der Waals surface area contributed by atoms with Crippen molar-refractivity contribution in [2.45, 2.75) is 19.3 Å². The number of hydrogen-bond donors (Lipinski definition) is 2. The van der Waals surface area contributed by atoms with Crippen molar-refractivity contribution in [2.75, 3.05) is 7.11 Å². The van der Waals surface area contributed by atoms with Crippen molar-refractivity contribution >= 4 is 11.6 Å². The van der Waals surface area contributed by atoms with E-state index in [2.05, 4.69) is 10.5 Å². The van der Waals surface area contributed by atoms with Gasteiger partial charge >= 0.3 is 0 Å². The van der Waals surface area contributed by atoms with E-state index in [9.17, 15) is 9.90 Å². The van der Waals surface area contributed by atoms with E-state index < -0.39 is 0 Å². The molecule has 0 atom stereocenters. The lowest BCUT2D eigenvalue weighted by Crippen LogP contribution is -2.22. The van der Waals surface area contributed by atoms with Gasteiger partial charge in [0.1, 0.15) is 11.5 Å². The number of hydrazone groups is 1. The molecule has 3 rings (SSSR count). The monoisotopic (exact) mass is 310 g/mol. The van der Waals surface area contributed by atoms with Crippen molar-refractivity contribution in [1.29, 1.82) is 0 Å². The minimum Gasteiger partial charge on any atom is -0.508 e. The van der Waals surface area contributed by atoms with Gasteiger partial charge in [0.25, 0.3) is 5.91 Å². The first-order valence-electron chi connectivity index (χ1n) is 7.50. The maximum atomic E-state index is 12.1. The molecule has 1 aliphatic carbocycles. The maximum absolute atomic E-state index is 12.1. The normalized spacial score (nSPS) is 15.1. The summed E-state index contributed by atoms with van der Waals surface area (Å²) in [6.07, 6.45) is 2.81. The van der Waals surface area contributed by atoms with Crippen LogP contribution in [0.15, 0.2) is 47.6 Å². The zero-order chi connectivity index (χ0) is 16.2. The predicted octanol–water partition coefficient (Wildman–Crippen LogP) is 2.87. The predicted molar refractivity (Wildman–Crippen MR) is 88.0 cm³/mol. The molecule has 2 N–H and O–H groups in total. The van der Waals surface area contributed by atoms with Crippen LogP contribution in [0.1, 0.15) is 34.3 Å². The number of ether oxygens (including phenoxy) is 1. The Labute approximate surface area is 134 Å². The highest BCUT2D eigenvalue weighted by atomic mass is 16.5. The van der Waals surface area contributed by atoms with E-state index in [1.54, 1.807) is 19.2 Å². The Morgan fingerprint density at radius 3 is 2.70 bits per heavy atom. The standard InChI is InChI=1S/C18H18N2O3/c1-23-15-9-10-16-13(11-15)3-2-4-17(16)19-20-18(22)12-5-7-14(21)8-6-12/h5-11,21H,2-4H2,1H3,(H,20,22)/b19-17-. The summed E-state index contributed by atoms with van der Waals surface area (Å²) in [6.45, 7) is 0. The van der Waals surface area contributed by atoms with Crippen LogP contribution in [0.3, 0.4) is 0 Å². The first-order valence-corrected chi connectivity index (χ1v) is 7.50. The van der Waals surface area contributed by atoms with Crippen molar-refractivity contribution < 1.29 is 14.6 Å². The van der Waals surface area contributed by atoms with Crippen LogP contribution < -0.4 is 10.2 Å². The Bertz CT molecular complexity index is 751. The third-order valence-corrected chi connectivity index (χ3v) is 3.90. The number of amides is 1. The molecule has 0 spiro atoms. The van der Waals surface area contributed by atoms with E-state index in [-0.39, 0.29) is 11.7 Å². The molecule has 1 amide bonds. The highest BCUT2D eigenvalue weighted by molar-refractivity contribution is 6.04. The van der Waals surface area contributed by atoms with Gasteiger partial charge in [0.2, 0.25) is 0 Å². The molecule has 0 bridgehead atoms. The summed E-state index contributed by atoms with van der Waals surface area (Å²) in [6, 6.07) is 12.0. The van der Waals surface area contributed by atoms with Gasteiger partial charge in [-0.2, -0.15) is 5.10 Å². The highest BCUT2D eigenvalue weighted by Crippen LogP contribution is 2.25. The van der Waals surface area contributed by atoms with Crippen LogP contribution in [-0.4, -0.2) is 23.8 Å². The fourth-order valence-electron chi connectivity index (χ4n) is 2.68. The smallest absolute Gasteiger partial charge is 0.271 e. The van der Waals surface area contributed by atoms with Gasteiger partial charge in [-0.15, -0.1) is 0 Å². The number of nitrogens with zero attached hydrogens (tertiary/aromatic N) is 1. The average molecular weight is 310 g/mol. The quantitative estimate of drug-likeness (QED) is 0.856. The summed E-state index contributed by atoms with van der Waals surface area (Å²) in [5.74, 6) is 0.666. The van der Waals surface area contributed by atoms with Gasteiger partial charge in [-0.1, -0.05) is 0 Å². The first kappa shape index (κ1) is 15.1.